The van der Waals surface area contributed by atoms with Crippen molar-refractivity contribution in [1.82, 2.24) is 4.31 Å². The molecule has 1 aromatic rings. The van der Waals surface area contributed by atoms with Crippen molar-refractivity contribution in [1.29, 1.82) is 0 Å². The zero-order valence-electron chi connectivity index (χ0n) is 11.4. The maximum absolute atomic E-state index is 12.1. The molecular weight excluding hydrogens is 300 g/mol. The van der Waals surface area contributed by atoms with Gasteiger partial charge < -0.3 is 5.11 Å². The molecule has 0 bridgehead atoms. The summed E-state index contributed by atoms with van der Waals surface area (Å²) in [5.41, 5.74) is 0.837. The van der Waals surface area contributed by atoms with Gasteiger partial charge in [-0.3, -0.25) is 4.72 Å². The lowest BCUT2D eigenvalue weighted by atomic mass is 10.2. The van der Waals surface area contributed by atoms with Gasteiger partial charge in [0.15, 0.2) is 0 Å². The largest absolute Gasteiger partial charge is 0.384 e. The molecule has 0 aliphatic heterocycles. The molecule has 0 unspecified atom stereocenters. The highest BCUT2D eigenvalue weighted by atomic mass is 35.5. The molecule has 2 N–H and O–H groups in total. The normalized spacial score (nSPS) is 11.1. The van der Waals surface area contributed by atoms with Crippen LogP contribution in [0.2, 0.25) is 5.02 Å². The Labute approximate surface area is 124 Å². The summed E-state index contributed by atoms with van der Waals surface area (Å²) in [6.45, 7) is 3.99. The fourth-order valence-electron chi connectivity index (χ4n) is 1.59. The summed E-state index contributed by atoms with van der Waals surface area (Å²) in [6, 6.07) is 4.75. The van der Waals surface area contributed by atoms with Crippen molar-refractivity contribution in [2.75, 3.05) is 24.4 Å². The van der Waals surface area contributed by atoms with E-state index in [1.807, 2.05) is 0 Å². The van der Waals surface area contributed by atoms with Gasteiger partial charge in [-0.15, -0.1) is 0 Å². The number of nitrogens with zero attached hydrogens (tertiary/aromatic N) is 1. The summed E-state index contributed by atoms with van der Waals surface area (Å²) < 4.78 is 28.0. The first kappa shape index (κ1) is 16.8. The minimum absolute atomic E-state index is 0.261. The molecule has 110 valence electrons. The van der Waals surface area contributed by atoms with Crippen LogP contribution in [0.3, 0.4) is 0 Å². The first-order valence-corrected chi connectivity index (χ1v) is 7.93. The van der Waals surface area contributed by atoms with Crippen molar-refractivity contribution in [3.63, 3.8) is 0 Å². The van der Waals surface area contributed by atoms with Crippen molar-refractivity contribution in [3.05, 3.63) is 28.8 Å². The number of hydrogen-bond donors (Lipinski definition) is 2. The van der Waals surface area contributed by atoms with Gasteiger partial charge in [-0.2, -0.15) is 12.7 Å². The van der Waals surface area contributed by atoms with Crippen LogP contribution in [0.5, 0.6) is 0 Å². The van der Waals surface area contributed by atoms with Crippen LogP contribution in [0.15, 0.2) is 18.2 Å². The second-order valence-electron chi connectivity index (χ2n) is 3.85. The molecule has 7 heteroatoms. The van der Waals surface area contributed by atoms with Crippen molar-refractivity contribution in [3.8, 4) is 11.8 Å². The van der Waals surface area contributed by atoms with E-state index in [0.29, 0.717) is 18.7 Å². The maximum atomic E-state index is 12.1. The summed E-state index contributed by atoms with van der Waals surface area (Å²) in [7, 11) is -3.63. The Morgan fingerprint density at radius 3 is 2.55 bits per heavy atom. The van der Waals surface area contributed by atoms with Crippen LogP contribution in [-0.4, -0.2) is 37.5 Å². The van der Waals surface area contributed by atoms with Crippen molar-refractivity contribution < 1.29 is 13.5 Å². The third kappa shape index (κ3) is 4.39. The van der Waals surface area contributed by atoms with E-state index in [1.54, 1.807) is 26.0 Å². The number of benzene rings is 1. The molecule has 0 spiro atoms. The molecule has 0 fully saturated rings. The van der Waals surface area contributed by atoms with Gasteiger partial charge in [-0.25, -0.2) is 0 Å². The molecule has 20 heavy (non-hydrogen) atoms. The Morgan fingerprint density at radius 1 is 1.35 bits per heavy atom. The number of aliphatic hydroxyl groups excluding tert-OH is 1. The second-order valence-corrected chi connectivity index (χ2v) is 5.92. The monoisotopic (exact) mass is 316 g/mol. The molecular formula is C13H17ClN2O3S. The molecule has 5 nitrogen and oxygen atoms in total. The third-order valence-corrected chi connectivity index (χ3v) is 4.57. The Morgan fingerprint density at radius 2 is 2.00 bits per heavy atom. The van der Waals surface area contributed by atoms with E-state index in [-0.39, 0.29) is 17.3 Å². The maximum Gasteiger partial charge on any atom is 0.301 e. The molecule has 0 aromatic heterocycles. The summed E-state index contributed by atoms with van der Waals surface area (Å²) >= 11 is 5.98. The molecule has 0 aliphatic carbocycles. The molecule has 0 saturated heterocycles. The molecule has 0 heterocycles. The quantitative estimate of drug-likeness (QED) is 0.812. The van der Waals surface area contributed by atoms with Gasteiger partial charge in [0, 0.05) is 18.7 Å². The predicted molar refractivity (Wildman–Crippen MR) is 80.9 cm³/mol. The van der Waals surface area contributed by atoms with E-state index in [0.717, 1.165) is 0 Å². The summed E-state index contributed by atoms with van der Waals surface area (Å²) in [4.78, 5) is 0. The summed E-state index contributed by atoms with van der Waals surface area (Å²) in [5, 5.41) is 8.94. The van der Waals surface area contributed by atoms with E-state index in [4.69, 9.17) is 16.7 Å². The van der Waals surface area contributed by atoms with Gasteiger partial charge in [-0.05, 0) is 18.2 Å². The van der Waals surface area contributed by atoms with Crippen molar-refractivity contribution in [2.24, 2.45) is 0 Å². The van der Waals surface area contributed by atoms with Crippen LogP contribution in [-0.2, 0) is 10.2 Å². The van der Waals surface area contributed by atoms with Gasteiger partial charge in [-0.1, -0.05) is 37.3 Å². The SMILES string of the molecule is CCN(CC)S(=O)(=O)Nc1cc(C#CCO)ccc1Cl. The molecule has 0 atom stereocenters. The lowest BCUT2D eigenvalue weighted by molar-refractivity contribution is 0.350. The molecule has 0 aliphatic rings. The van der Waals surface area contributed by atoms with Gasteiger partial charge in [0.25, 0.3) is 0 Å². The lowest BCUT2D eigenvalue weighted by Gasteiger charge is -2.20. The number of anilines is 1. The molecule has 0 amide bonds. The highest BCUT2D eigenvalue weighted by Gasteiger charge is 2.19. The van der Waals surface area contributed by atoms with Crippen LogP contribution >= 0.6 is 11.6 Å². The van der Waals surface area contributed by atoms with Crippen LogP contribution in [0, 0.1) is 11.8 Å². The number of rotatable bonds is 5. The first-order valence-electron chi connectivity index (χ1n) is 6.11. The Hall–Kier alpha value is -1.26. The predicted octanol–water partition coefficient (Wildman–Crippen LogP) is 1.68. The van der Waals surface area contributed by atoms with Crippen LogP contribution < -0.4 is 4.72 Å². The topological polar surface area (TPSA) is 69.6 Å². The minimum Gasteiger partial charge on any atom is -0.384 e. The average Bonchev–Trinajstić information content (AvgIpc) is 2.40. The second kappa shape index (κ2) is 7.50. The lowest BCUT2D eigenvalue weighted by Crippen LogP contribution is -2.35. The standard InChI is InChI=1S/C13H17ClN2O3S/c1-3-16(4-2)20(18,19)15-13-10-11(6-5-9-17)7-8-12(13)14/h7-8,10,15,17H,3-4,9H2,1-2H3. The van der Waals surface area contributed by atoms with Crippen molar-refractivity contribution >= 4 is 27.5 Å². The van der Waals surface area contributed by atoms with Crippen LogP contribution in [0.1, 0.15) is 19.4 Å². The summed E-state index contributed by atoms with van der Waals surface area (Å²) in [6.07, 6.45) is 0. The zero-order valence-corrected chi connectivity index (χ0v) is 12.9. The molecule has 1 aromatic carbocycles. The third-order valence-electron chi connectivity index (χ3n) is 2.56. The van der Waals surface area contributed by atoms with E-state index >= 15 is 0 Å². The van der Waals surface area contributed by atoms with E-state index in [1.165, 1.54) is 10.4 Å². The van der Waals surface area contributed by atoms with Gasteiger partial charge in [0.05, 0.1) is 10.7 Å². The molecule has 0 radical (unpaired) electrons. The Kier molecular flexibility index (Phi) is 6.30. The van der Waals surface area contributed by atoms with E-state index in [2.05, 4.69) is 16.6 Å². The van der Waals surface area contributed by atoms with Crippen LogP contribution in [0.4, 0.5) is 5.69 Å². The van der Waals surface area contributed by atoms with E-state index < -0.39 is 10.2 Å². The van der Waals surface area contributed by atoms with Crippen LogP contribution in [0.25, 0.3) is 0 Å². The fourth-order valence-corrected chi connectivity index (χ4v) is 3.07. The number of nitrogens with one attached hydrogen (secondary N) is 1. The smallest absolute Gasteiger partial charge is 0.301 e. The van der Waals surface area contributed by atoms with Gasteiger partial charge in [0.2, 0.25) is 0 Å². The molecule has 1 rings (SSSR count). The zero-order chi connectivity index (χ0) is 15.2. The van der Waals surface area contributed by atoms with Gasteiger partial charge >= 0.3 is 10.2 Å². The molecule has 0 saturated carbocycles. The average molecular weight is 317 g/mol. The van der Waals surface area contributed by atoms with Crippen molar-refractivity contribution in [2.45, 2.75) is 13.8 Å². The first-order chi connectivity index (χ1) is 9.44. The minimum atomic E-state index is -3.63. The van der Waals surface area contributed by atoms with E-state index in [9.17, 15) is 8.42 Å². The highest BCUT2D eigenvalue weighted by Crippen LogP contribution is 2.24. The summed E-state index contributed by atoms with van der Waals surface area (Å²) in [5.74, 6) is 5.19. The fraction of sp³-hybridized carbons (Fsp3) is 0.385. The Bertz CT molecular complexity index is 616. The highest BCUT2D eigenvalue weighted by molar-refractivity contribution is 7.90. The number of halogens is 1. The Balaban J connectivity index is 3.08. The number of hydrogen-bond acceptors (Lipinski definition) is 3. The number of aliphatic hydroxyl groups is 1. The van der Waals surface area contributed by atoms with Gasteiger partial charge in [0.1, 0.15) is 6.61 Å².